The second kappa shape index (κ2) is 7.65. The number of anilines is 1. The fourth-order valence-corrected chi connectivity index (χ4v) is 2.95. The first kappa shape index (κ1) is 18.7. The maximum atomic E-state index is 13.8. The smallest absolute Gasteiger partial charge is 0.287 e. The van der Waals surface area contributed by atoms with Crippen LogP contribution in [0.5, 0.6) is 0 Å². The largest absolute Gasteiger partial charge is 0.346 e. The molecule has 9 heteroatoms. The number of fused-ring (bicyclic) bond motifs is 1. The monoisotopic (exact) mass is 378 g/mol. The highest BCUT2D eigenvalue weighted by Crippen LogP contribution is 2.24. The molecule has 3 rings (SSSR count). The molecule has 0 fully saturated rings. The first-order valence-corrected chi connectivity index (χ1v) is 8.37. The third kappa shape index (κ3) is 3.57. The Morgan fingerprint density at radius 2 is 1.96 bits per heavy atom. The van der Waals surface area contributed by atoms with Crippen LogP contribution < -0.4 is 10.6 Å². The number of carbonyl (C=O) groups excluding carboxylic acids is 2. The molecule has 2 amide bonds. The summed E-state index contributed by atoms with van der Waals surface area (Å²) in [5.41, 5.74) is 0.00204. The molecule has 0 spiro atoms. The van der Waals surface area contributed by atoms with Gasteiger partial charge in [0.25, 0.3) is 11.8 Å². The van der Waals surface area contributed by atoms with Crippen molar-refractivity contribution >= 4 is 17.5 Å². The van der Waals surface area contributed by atoms with E-state index in [-0.39, 0.29) is 18.1 Å². The summed E-state index contributed by atoms with van der Waals surface area (Å²) in [7, 11) is 0. The number of rotatable bonds is 5. The van der Waals surface area contributed by atoms with Crippen molar-refractivity contribution in [2.75, 3.05) is 11.9 Å². The van der Waals surface area contributed by atoms with Gasteiger partial charge in [0, 0.05) is 13.1 Å². The third-order valence-electron chi connectivity index (χ3n) is 4.23. The Bertz CT molecular complexity index is 924. The predicted octanol–water partition coefficient (Wildman–Crippen LogP) is 2.80. The number of benzene rings is 1. The molecule has 1 aliphatic rings. The number of amides is 2. The van der Waals surface area contributed by atoms with Gasteiger partial charge in [-0.15, -0.1) is 6.58 Å². The molecule has 1 aromatic heterocycles. The first-order valence-electron chi connectivity index (χ1n) is 8.37. The van der Waals surface area contributed by atoms with Crippen LogP contribution in [-0.2, 0) is 13.0 Å². The Balaban J connectivity index is 1.93. The SMILES string of the molecule is C=CCNC(=O)c1nc(C(=O)Nc2ccc(F)c(F)c2F)c2n1CCCC2. The van der Waals surface area contributed by atoms with Gasteiger partial charge in [-0.25, -0.2) is 18.2 Å². The van der Waals surface area contributed by atoms with E-state index in [0.717, 1.165) is 18.9 Å². The Kier molecular flexibility index (Phi) is 5.29. The van der Waals surface area contributed by atoms with Crippen LogP contribution >= 0.6 is 0 Å². The van der Waals surface area contributed by atoms with E-state index >= 15 is 0 Å². The summed E-state index contributed by atoms with van der Waals surface area (Å²) in [6.45, 7) is 4.28. The molecule has 0 aliphatic carbocycles. The van der Waals surface area contributed by atoms with Crippen molar-refractivity contribution in [3.63, 3.8) is 0 Å². The average Bonchev–Trinajstić information content (AvgIpc) is 3.06. The Morgan fingerprint density at radius 3 is 2.70 bits per heavy atom. The molecule has 142 valence electrons. The fraction of sp³-hybridized carbons (Fsp3) is 0.278. The number of imidazole rings is 1. The van der Waals surface area contributed by atoms with Crippen molar-refractivity contribution < 1.29 is 22.8 Å². The summed E-state index contributed by atoms with van der Waals surface area (Å²) in [6, 6.07) is 1.64. The lowest BCUT2D eigenvalue weighted by Crippen LogP contribution is -2.28. The molecule has 1 aromatic carbocycles. The summed E-state index contributed by atoms with van der Waals surface area (Å²) >= 11 is 0. The molecule has 2 heterocycles. The molecule has 27 heavy (non-hydrogen) atoms. The summed E-state index contributed by atoms with van der Waals surface area (Å²) in [5, 5.41) is 4.80. The second-order valence-electron chi connectivity index (χ2n) is 6.02. The van der Waals surface area contributed by atoms with E-state index in [1.165, 1.54) is 6.08 Å². The van der Waals surface area contributed by atoms with Gasteiger partial charge in [0.1, 0.15) is 0 Å². The van der Waals surface area contributed by atoms with Crippen LogP contribution in [0.25, 0.3) is 0 Å². The zero-order valence-corrected chi connectivity index (χ0v) is 14.3. The van der Waals surface area contributed by atoms with Crippen LogP contribution in [-0.4, -0.2) is 27.9 Å². The molecular weight excluding hydrogens is 361 g/mol. The van der Waals surface area contributed by atoms with Crippen LogP contribution in [0, 0.1) is 17.5 Å². The average molecular weight is 378 g/mol. The van der Waals surface area contributed by atoms with Crippen molar-refractivity contribution in [1.82, 2.24) is 14.9 Å². The van der Waals surface area contributed by atoms with Gasteiger partial charge in [-0.2, -0.15) is 0 Å². The van der Waals surface area contributed by atoms with Crippen molar-refractivity contribution in [3.05, 3.63) is 59.5 Å². The van der Waals surface area contributed by atoms with Crippen molar-refractivity contribution in [2.45, 2.75) is 25.8 Å². The van der Waals surface area contributed by atoms with Gasteiger partial charge in [-0.1, -0.05) is 6.08 Å². The number of nitrogens with one attached hydrogen (secondary N) is 2. The van der Waals surface area contributed by atoms with Gasteiger partial charge in [0.2, 0.25) is 0 Å². The fourth-order valence-electron chi connectivity index (χ4n) is 2.95. The number of halogens is 3. The Morgan fingerprint density at radius 1 is 1.19 bits per heavy atom. The van der Waals surface area contributed by atoms with E-state index in [1.54, 1.807) is 4.57 Å². The van der Waals surface area contributed by atoms with Crippen LogP contribution in [0.15, 0.2) is 24.8 Å². The van der Waals surface area contributed by atoms with E-state index in [1.807, 2.05) is 0 Å². The lowest BCUT2D eigenvalue weighted by atomic mass is 10.1. The van der Waals surface area contributed by atoms with E-state index < -0.39 is 35.0 Å². The molecule has 2 aromatic rings. The molecule has 0 saturated carbocycles. The minimum absolute atomic E-state index is 0.0393. The van der Waals surface area contributed by atoms with Crippen LogP contribution in [0.2, 0.25) is 0 Å². The van der Waals surface area contributed by atoms with Gasteiger partial charge in [0.15, 0.2) is 29.0 Å². The third-order valence-corrected chi connectivity index (χ3v) is 4.23. The minimum Gasteiger partial charge on any atom is -0.346 e. The van der Waals surface area contributed by atoms with Gasteiger partial charge in [0.05, 0.1) is 11.4 Å². The van der Waals surface area contributed by atoms with Crippen LogP contribution in [0.1, 0.15) is 39.6 Å². The number of carbonyl (C=O) groups is 2. The van der Waals surface area contributed by atoms with E-state index in [0.29, 0.717) is 24.7 Å². The number of hydrogen-bond acceptors (Lipinski definition) is 3. The summed E-state index contributed by atoms with van der Waals surface area (Å²) < 4.78 is 41.9. The topological polar surface area (TPSA) is 76.0 Å². The molecular formula is C18H17F3N4O2. The van der Waals surface area contributed by atoms with Gasteiger partial charge in [-0.3, -0.25) is 9.59 Å². The lowest BCUT2D eigenvalue weighted by molar-refractivity contribution is 0.0942. The molecule has 6 nitrogen and oxygen atoms in total. The van der Waals surface area contributed by atoms with Crippen molar-refractivity contribution in [2.24, 2.45) is 0 Å². The van der Waals surface area contributed by atoms with E-state index in [4.69, 9.17) is 0 Å². The highest BCUT2D eigenvalue weighted by atomic mass is 19.2. The van der Waals surface area contributed by atoms with Crippen LogP contribution in [0.3, 0.4) is 0 Å². The molecule has 0 saturated heterocycles. The van der Waals surface area contributed by atoms with Gasteiger partial charge >= 0.3 is 0 Å². The minimum atomic E-state index is -1.68. The number of hydrogen-bond donors (Lipinski definition) is 2. The normalized spacial score (nSPS) is 13.0. The molecule has 0 atom stereocenters. The molecule has 0 bridgehead atoms. The maximum Gasteiger partial charge on any atom is 0.287 e. The second-order valence-corrected chi connectivity index (χ2v) is 6.02. The van der Waals surface area contributed by atoms with Crippen LogP contribution in [0.4, 0.5) is 18.9 Å². The number of aromatic nitrogens is 2. The summed E-state index contributed by atoms with van der Waals surface area (Å²) in [4.78, 5) is 29.0. The van der Waals surface area contributed by atoms with E-state index in [9.17, 15) is 22.8 Å². The number of nitrogens with zero attached hydrogens (tertiary/aromatic N) is 2. The quantitative estimate of drug-likeness (QED) is 0.621. The Labute approximate surface area is 153 Å². The zero-order chi connectivity index (χ0) is 19.6. The van der Waals surface area contributed by atoms with Gasteiger partial charge in [-0.05, 0) is 31.4 Å². The maximum absolute atomic E-state index is 13.8. The standard InChI is InChI=1S/C18H17F3N4O2/c1-2-8-22-18(27)16-24-15(12-5-3-4-9-25(12)16)17(26)23-11-7-6-10(19)13(20)14(11)21/h2,6-7H,1,3-5,8-9H2,(H,22,27)(H,23,26). The first-order chi connectivity index (χ1) is 12.9. The highest BCUT2D eigenvalue weighted by Gasteiger charge is 2.28. The van der Waals surface area contributed by atoms with Crippen molar-refractivity contribution in [3.8, 4) is 0 Å². The lowest BCUT2D eigenvalue weighted by Gasteiger charge is -2.17. The zero-order valence-electron chi connectivity index (χ0n) is 14.3. The predicted molar refractivity (Wildman–Crippen MR) is 92.0 cm³/mol. The molecule has 0 unspecified atom stereocenters. The summed E-state index contributed by atoms with van der Waals surface area (Å²) in [5.74, 6) is -5.72. The molecule has 0 radical (unpaired) electrons. The molecule has 1 aliphatic heterocycles. The van der Waals surface area contributed by atoms with Gasteiger partial charge < -0.3 is 15.2 Å². The van der Waals surface area contributed by atoms with E-state index in [2.05, 4.69) is 22.2 Å². The molecule has 2 N–H and O–H groups in total. The summed E-state index contributed by atoms with van der Waals surface area (Å²) in [6.07, 6.45) is 3.66. The highest BCUT2D eigenvalue weighted by molar-refractivity contribution is 6.05. The Hall–Kier alpha value is -3.10. The van der Waals surface area contributed by atoms with Crippen molar-refractivity contribution in [1.29, 1.82) is 0 Å².